The Morgan fingerprint density at radius 2 is 2.00 bits per heavy atom. The lowest BCUT2D eigenvalue weighted by molar-refractivity contribution is -0.163. The van der Waals surface area contributed by atoms with Gasteiger partial charge < -0.3 is 24.8 Å². The number of carbonyl (C=O) groups excluding carboxylic acids is 2. The van der Waals surface area contributed by atoms with E-state index in [0.717, 1.165) is 12.8 Å². The molecule has 3 aliphatic rings. The predicted molar refractivity (Wildman–Crippen MR) is 113 cm³/mol. The van der Waals surface area contributed by atoms with Crippen LogP contribution < -0.4 is 0 Å². The van der Waals surface area contributed by atoms with E-state index in [1.807, 2.05) is 0 Å². The Kier molecular flexibility index (Phi) is 7.94. The monoisotopic (exact) mass is 436 g/mol. The van der Waals surface area contributed by atoms with E-state index in [2.05, 4.69) is 32.1 Å². The largest absolute Gasteiger partial charge is 0.462 e. The molecule has 8 atom stereocenters. The van der Waals surface area contributed by atoms with Gasteiger partial charge in [-0.05, 0) is 42.6 Å². The normalized spacial score (nSPS) is 36.4. The van der Waals surface area contributed by atoms with Crippen molar-refractivity contribution in [2.24, 2.45) is 29.6 Å². The summed E-state index contributed by atoms with van der Waals surface area (Å²) in [6.07, 6.45) is 6.49. The minimum atomic E-state index is -1.54. The van der Waals surface area contributed by atoms with Crippen LogP contribution in [0.15, 0.2) is 23.8 Å². The van der Waals surface area contributed by atoms with E-state index in [9.17, 15) is 24.9 Å². The summed E-state index contributed by atoms with van der Waals surface area (Å²) >= 11 is 0. The van der Waals surface area contributed by atoms with E-state index in [4.69, 9.17) is 9.47 Å². The number of fused-ring (bicyclic) bond motifs is 1. The highest BCUT2D eigenvalue weighted by molar-refractivity contribution is 5.72. The molecule has 0 saturated carbocycles. The Morgan fingerprint density at radius 3 is 2.68 bits per heavy atom. The minimum Gasteiger partial charge on any atom is -0.462 e. The van der Waals surface area contributed by atoms with Crippen LogP contribution in [0.5, 0.6) is 0 Å². The van der Waals surface area contributed by atoms with Gasteiger partial charge in [0.2, 0.25) is 0 Å². The van der Waals surface area contributed by atoms with Gasteiger partial charge in [0.05, 0.1) is 18.4 Å². The third kappa shape index (κ3) is 6.18. The molecule has 1 aliphatic heterocycles. The van der Waals surface area contributed by atoms with Crippen molar-refractivity contribution < 1.29 is 34.4 Å². The van der Waals surface area contributed by atoms with E-state index in [0.29, 0.717) is 12.8 Å². The summed E-state index contributed by atoms with van der Waals surface area (Å²) in [7, 11) is 0. The van der Waals surface area contributed by atoms with E-state index >= 15 is 0 Å². The first kappa shape index (κ1) is 24.0. The Hall–Kier alpha value is -1.70. The maximum absolute atomic E-state index is 12.6. The van der Waals surface area contributed by atoms with Crippen LogP contribution in [0.2, 0.25) is 0 Å². The summed E-state index contributed by atoms with van der Waals surface area (Å²) in [5, 5.41) is 28.3. The first-order valence-corrected chi connectivity index (χ1v) is 11.5. The number of aliphatic hydroxyl groups excluding tert-OH is 2. The number of carbonyl (C=O) groups is 2. The fraction of sp³-hybridized carbons (Fsp3) is 0.750. The highest BCUT2D eigenvalue weighted by Gasteiger charge is 2.42. The third-order valence-corrected chi connectivity index (χ3v) is 6.89. The molecule has 0 aromatic heterocycles. The van der Waals surface area contributed by atoms with Crippen LogP contribution in [0.1, 0.15) is 59.3 Å². The SMILES string of the molecule is C[C@H]1C=C2C=C[C@H](C)[C@H](CC[C@H]3C[C@@H](O)CC(=O)O3)[C@H]2[C@@H](OC(=O)[C@@H](C)CC(O)O)C1. The van der Waals surface area contributed by atoms with Gasteiger partial charge in [-0.25, -0.2) is 0 Å². The predicted octanol–water partition coefficient (Wildman–Crippen LogP) is 2.49. The highest BCUT2D eigenvalue weighted by Crippen LogP contribution is 2.45. The molecule has 0 unspecified atom stereocenters. The fourth-order valence-corrected chi connectivity index (χ4v) is 5.32. The molecule has 3 rings (SSSR count). The van der Waals surface area contributed by atoms with Gasteiger partial charge in [0.1, 0.15) is 12.2 Å². The average Bonchev–Trinajstić information content (AvgIpc) is 2.66. The molecule has 0 aromatic carbocycles. The molecule has 3 N–H and O–H groups in total. The summed E-state index contributed by atoms with van der Waals surface area (Å²) in [6.45, 7) is 5.91. The molecule has 0 radical (unpaired) electrons. The van der Waals surface area contributed by atoms with Gasteiger partial charge in [-0.1, -0.05) is 39.0 Å². The molecule has 7 heteroatoms. The van der Waals surface area contributed by atoms with Crippen LogP contribution in [0.4, 0.5) is 0 Å². The summed E-state index contributed by atoms with van der Waals surface area (Å²) < 4.78 is 11.4. The van der Waals surface area contributed by atoms with E-state index < -0.39 is 24.3 Å². The van der Waals surface area contributed by atoms with Gasteiger partial charge in [0.25, 0.3) is 0 Å². The number of hydrogen-bond acceptors (Lipinski definition) is 7. The Bertz CT molecular complexity index is 713. The zero-order chi connectivity index (χ0) is 22.7. The number of allylic oxidation sites excluding steroid dienone is 3. The number of ether oxygens (including phenoxy) is 2. The third-order valence-electron chi connectivity index (χ3n) is 6.89. The Labute approximate surface area is 184 Å². The number of esters is 2. The molecule has 0 aromatic rings. The quantitative estimate of drug-likeness (QED) is 0.415. The zero-order valence-electron chi connectivity index (χ0n) is 18.6. The van der Waals surface area contributed by atoms with Crippen LogP contribution >= 0.6 is 0 Å². The molecule has 7 nitrogen and oxygen atoms in total. The first-order chi connectivity index (χ1) is 14.6. The minimum absolute atomic E-state index is 0.0515. The molecule has 1 saturated heterocycles. The van der Waals surface area contributed by atoms with Crippen molar-refractivity contribution in [3.63, 3.8) is 0 Å². The van der Waals surface area contributed by atoms with Crippen LogP contribution in [0, 0.1) is 29.6 Å². The van der Waals surface area contributed by atoms with Crippen LogP contribution in [-0.2, 0) is 19.1 Å². The maximum atomic E-state index is 12.6. The molecule has 1 fully saturated rings. The van der Waals surface area contributed by atoms with Gasteiger partial charge >= 0.3 is 11.9 Å². The number of aliphatic hydroxyl groups is 3. The van der Waals surface area contributed by atoms with Gasteiger partial charge in [-0.15, -0.1) is 0 Å². The van der Waals surface area contributed by atoms with Crippen LogP contribution in [0.25, 0.3) is 0 Å². The standard InChI is InChI=1S/C24H36O7/c1-13-8-16-5-4-14(2)19(7-6-18-11-17(25)12-22(28)30-18)23(16)20(9-13)31-24(29)15(3)10-21(26)27/h4-5,8,13-15,17-21,23,25-27H,6-7,9-12H2,1-3H3/t13-,14-,15-,17+,18-,19-,20-,23-/m0/s1. The molecule has 31 heavy (non-hydrogen) atoms. The van der Waals surface area contributed by atoms with E-state index in [-0.39, 0.29) is 54.7 Å². The second kappa shape index (κ2) is 10.3. The zero-order valence-corrected chi connectivity index (χ0v) is 18.6. The highest BCUT2D eigenvalue weighted by atomic mass is 16.6. The molecule has 174 valence electrons. The number of cyclic esters (lactones) is 1. The van der Waals surface area contributed by atoms with Gasteiger partial charge in [-0.3, -0.25) is 9.59 Å². The Balaban J connectivity index is 1.72. The van der Waals surface area contributed by atoms with Crippen molar-refractivity contribution in [3.05, 3.63) is 23.8 Å². The fourth-order valence-electron chi connectivity index (χ4n) is 5.32. The summed E-state index contributed by atoms with van der Waals surface area (Å²) in [5.41, 5.74) is 1.18. The van der Waals surface area contributed by atoms with Gasteiger partial charge in [0.15, 0.2) is 6.29 Å². The van der Waals surface area contributed by atoms with E-state index in [1.165, 1.54) is 5.57 Å². The second-order valence-electron chi connectivity index (χ2n) is 9.66. The van der Waals surface area contributed by atoms with Crippen molar-refractivity contribution in [2.45, 2.75) is 83.9 Å². The Morgan fingerprint density at radius 1 is 1.26 bits per heavy atom. The van der Waals surface area contributed by atoms with Crippen molar-refractivity contribution in [3.8, 4) is 0 Å². The maximum Gasteiger partial charge on any atom is 0.309 e. The molecule has 1 heterocycles. The van der Waals surface area contributed by atoms with E-state index in [1.54, 1.807) is 6.92 Å². The summed E-state index contributed by atoms with van der Waals surface area (Å²) in [6, 6.07) is 0. The van der Waals surface area contributed by atoms with Crippen molar-refractivity contribution in [2.75, 3.05) is 0 Å². The number of rotatable bonds is 7. The van der Waals surface area contributed by atoms with Crippen molar-refractivity contribution in [1.82, 2.24) is 0 Å². The van der Waals surface area contributed by atoms with Crippen molar-refractivity contribution >= 4 is 11.9 Å². The lowest BCUT2D eigenvalue weighted by atomic mass is 9.65. The molecular weight excluding hydrogens is 400 g/mol. The second-order valence-corrected chi connectivity index (χ2v) is 9.66. The molecule has 0 spiro atoms. The van der Waals surface area contributed by atoms with Crippen molar-refractivity contribution in [1.29, 1.82) is 0 Å². The average molecular weight is 437 g/mol. The lowest BCUT2D eigenvalue weighted by Gasteiger charge is -2.43. The van der Waals surface area contributed by atoms with Gasteiger partial charge in [0, 0.05) is 18.8 Å². The summed E-state index contributed by atoms with van der Waals surface area (Å²) in [5.74, 6) is -0.527. The lowest BCUT2D eigenvalue weighted by Crippen LogP contribution is -2.42. The molecule has 0 amide bonds. The smallest absolute Gasteiger partial charge is 0.309 e. The van der Waals surface area contributed by atoms with Crippen LogP contribution in [0.3, 0.4) is 0 Å². The number of hydrogen-bond donors (Lipinski definition) is 3. The molecule has 0 bridgehead atoms. The molecular formula is C24H36O7. The summed E-state index contributed by atoms with van der Waals surface area (Å²) in [4.78, 5) is 24.3. The van der Waals surface area contributed by atoms with Gasteiger partial charge in [-0.2, -0.15) is 0 Å². The molecule has 2 aliphatic carbocycles. The topological polar surface area (TPSA) is 113 Å². The van der Waals surface area contributed by atoms with Crippen LogP contribution in [-0.4, -0.2) is 51.9 Å². The first-order valence-electron chi connectivity index (χ1n) is 11.5.